The average molecular weight is 408 g/mol. The number of rotatable bonds is 5. The fourth-order valence-electron chi connectivity index (χ4n) is 8.83. The lowest BCUT2D eigenvalue weighted by atomic mass is 9.47. The maximum absolute atomic E-state index is 12.4. The second-order valence-corrected chi connectivity index (χ2v) is 11.5. The summed E-state index contributed by atoms with van der Waals surface area (Å²) in [6, 6.07) is 11.5. The average Bonchev–Trinajstić information content (AvgIpc) is 3.19. The summed E-state index contributed by atoms with van der Waals surface area (Å²) in [6.45, 7) is 2.55. The predicted octanol–water partition coefficient (Wildman–Crippen LogP) is 6.63. The van der Waals surface area contributed by atoms with Crippen LogP contribution in [0.25, 0.3) is 0 Å². The Morgan fingerprint density at radius 2 is 1.80 bits per heavy atom. The zero-order valence-electron chi connectivity index (χ0n) is 19.2. The Hall–Kier alpha value is -1.31. The van der Waals surface area contributed by atoms with Crippen LogP contribution in [0.4, 0.5) is 0 Å². The first-order valence-corrected chi connectivity index (χ1v) is 12.8. The Labute approximate surface area is 183 Å². The molecule has 6 unspecified atom stereocenters. The zero-order valence-corrected chi connectivity index (χ0v) is 19.2. The van der Waals surface area contributed by atoms with Gasteiger partial charge < -0.3 is 4.90 Å². The van der Waals surface area contributed by atoms with E-state index in [2.05, 4.69) is 49.2 Å². The summed E-state index contributed by atoms with van der Waals surface area (Å²) < 4.78 is 0. The molecule has 1 amide bonds. The van der Waals surface area contributed by atoms with Gasteiger partial charge in [0.15, 0.2) is 0 Å². The van der Waals surface area contributed by atoms with Gasteiger partial charge in [0.05, 0.1) is 0 Å². The van der Waals surface area contributed by atoms with Crippen LogP contribution in [0.2, 0.25) is 0 Å². The van der Waals surface area contributed by atoms with Crippen LogP contribution in [-0.4, -0.2) is 23.9 Å². The smallest absolute Gasteiger partial charge is 0.222 e. The van der Waals surface area contributed by atoms with Crippen molar-refractivity contribution >= 4 is 5.91 Å². The molecule has 0 bridgehead atoms. The number of aryl methyl sites for hydroxylation is 1. The number of benzene rings is 1. The molecule has 2 heteroatoms. The molecule has 4 fully saturated rings. The molecule has 0 aromatic heterocycles. The van der Waals surface area contributed by atoms with Gasteiger partial charge in [-0.25, -0.2) is 0 Å². The number of carbonyl (C=O) groups is 1. The van der Waals surface area contributed by atoms with Crippen LogP contribution in [0.5, 0.6) is 0 Å². The quantitative estimate of drug-likeness (QED) is 0.501. The molecule has 2 nitrogen and oxygen atoms in total. The minimum absolute atomic E-state index is 0.369. The Kier molecular flexibility index (Phi) is 5.48. The van der Waals surface area contributed by atoms with Crippen LogP contribution in [0, 0.1) is 28.6 Å². The Morgan fingerprint density at radius 1 is 0.967 bits per heavy atom. The number of amides is 1. The summed E-state index contributed by atoms with van der Waals surface area (Å²) in [7, 11) is 2.08. The number of carbonyl (C=O) groups excluding carboxylic acids is 1. The predicted molar refractivity (Wildman–Crippen MR) is 123 cm³/mol. The lowest BCUT2D eigenvalue weighted by Gasteiger charge is -2.61. The maximum Gasteiger partial charge on any atom is 0.222 e. The molecular weight excluding hydrogens is 366 g/mol. The van der Waals surface area contributed by atoms with E-state index >= 15 is 0 Å². The van der Waals surface area contributed by atoms with Gasteiger partial charge in [0.25, 0.3) is 0 Å². The number of piperidine rings is 1. The van der Waals surface area contributed by atoms with E-state index in [0.29, 0.717) is 22.8 Å². The van der Waals surface area contributed by atoms with Crippen molar-refractivity contribution in [3.8, 4) is 0 Å². The molecule has 4 aliphatic rings. The summed E-state index contributed by atoms with van der Waals surface area (Å²) in [5, 5.41) is 0. The van der Waals surface area contributed by atoms with Gasteiger partial charge in [0, 0.05) is 19.5 Å². The first kappa shape index (κ1) is 20.6. The van der Waals surface area contributed by atoms with E-state index in [-0.39, 0.29) is 0 Å². The Bertz CT molecular complexity index is 759. The van der Waals surface area contributed by atoms with Crippen molar-refractivity contribution in [1.29, 1.82) is 0 Å². The molecule has 1 aromatic rings. The third-order valence-corrected chi connectivity index (χ3v) is 10.3. The molecule has 0 N–H and O–H groups in total. The lowest BCUT2D eigenvalue weighted by Crippen LogP contribution is -2.61. The summed E-state index contributed by atoms with van der Waals surface area (Å²) in [4.78, 5) is 14.5. The number of fused-ring (bicyclic) bond motifs is 5. The molecule has 0 spiro atoms. The molecule has 5 rings (SSSR count). The van der Waals surface area contributed by atoms with Crippen molar-refractivity contribution < 1.29 is 4.79 Å². The van der Waals surface area contributed by atoms with E-state index in [0.717, 1.165) is 30.6 Å². The third-order valence-electron chi connectivity index (χ3n) is 10.3. The van der Waals surface area contributed by atoms with E-state index < -0.39 is 0 Å². The fourth-order valence-corrected chi connectivity index (χ4v) is 8.83. The van der Waals surface area contributed by atoms with Gasteiger partial charge in [-0.3, -0.25) is 4.79 Å². The van der Waals surface area contributed by atoms with Gasteiger partial charge in [0.2, 0.25) is 5.91 Å². The molecule has 1 saturated heterocycles. The Balaban J connectivity index is 1.26. The molecule has 1 aromatic carbocycles. The minimum Gasteiger partial charge on any atom is -0.342 e. The lowest BCUT2D eigenvalue weighted by molar-refractivity contribution is -0.158. The first-order chi connectivity index (χ1) is 14.5. The molecule has 3 saturated carbocycles. The highest BCUT2D eigenvalue weighted by Gasteiger charge is 2.59. The Morgan fingerprint density at radius 3 is 2.63 bits per heavy atom. The zero-order chi connectivity index (χ0) is 20.8. The maximum atomic E-state index is 12.4. The van der Waals surface area contributed by atoms with Crippen LogP contribution >= 0.6 is 0 Å². The molecule has 3 aliphatic carbocycles. The van der Waals surface area contributed by atoms with Crippen LogP contribution in [-0.2, 0) is 11.2 Å². The van der Waals surface area contributed by atoms with E-state index in [1.165, 1.54) is 76.2 Å². The first-order valence-electron chi connectivity index (χ1n) is 12.8. The molecule has 1 aliphatic heterocycles. The summed E-state index contributed by atoms with van der Waals surface area (Å²) in [6.07, 6.45) is 17.3. The van der Waals surface area contributed by atoms with E-state index in [9.17, 15) is 4.79 Å². The summed E-state index contributed by atoms with van der Waals surface area (Å²) in [5.74, 6) is 3.14. The van der Waals surface area contributed by atoms with Crippen molar-refractivity contribution in [1.82, 2.24) is 4.90 Å². The van der Waals surface area contributed by atoms with Gasteiger partial charge in [-0.05, 0) is 98.4 Å². The van der Waals surface area contributed by atoms with Crippen molar-refractivity contribution in [2.45, 2.75) is 96.4 Å². The van der Waals surface area contributed by atoms with Crippen molar-refractivity contribution in [3.05, 3.63) is 35.9 Å². The molecule has 0 radical (unpaired) electrons. The van der Waals surface area contributed by atoms with Gasteiger partial charge in [-0.15, -0.1) is 0 Å². The highest BCUT2D eigenvalue weighted by molar-refractivity contribution is 5.77. The van der Waals surface area contributed by atoms with E-state index in [1.807, 2.05) is 0 Å². The molecule has 30 heavy (non-hydrogen) atoms. The highest BCUT2D eigenvalue weighted by atomic mass is 16.2. The second-order valence-electron chi connectivity index (χ2n) is 11.5. The van der Waals surface area contributed by atoms with Gasteiger partial charge in [0.1, 0.15) is 0 Å². The van der Waals surface area contributed by atoms with Crippen LogP contribution < -0.4 is 0 Å². The molecule has 164 valence electrons. The van der Waals surface area contributed by atoms with Crippen molar-refractivity contribution in [2.75, 3.05) is 7.05 Å². The number of hydrogen-bond donors (Lipinski definition) is 0. The number of hydrogen-bond acceptors (Lipinski definition) is 1. The molecular formula is C28H41NO. The standard InChI is InChI=1S/C28H41NO/c1-27-19-16-26(30)29(2)25(27)14-13-22-23(27)15-20-28(18-8-12-24(22)28)17-7-6-11-21-9-4-3-5-10-21/h3-5,9-10,22-25H,6-8,11-20H2,1-2H3. The second kappa shape index (κ2) is 7.99. The normalized spacial score (nSPS) is 40.6. The van der Waals surface area contributed by atoms with Gasteiger partial charge in [-0.1, -0.05) is 50.1 Å². The summed E-state index contributed by atoms with van der Waals surface area (Å²) in [5.41, 5.74) is 2.52. The monoisotopic (exact) mass is 407 g/mol. The van der Waals surface area contributed by atoms with E-state index in [4.69, 9.17) is 0 Å². The van der Waals surface area contributed by atoms with Crippen LogP contribution in [0.1, 0.15) is 89.5 Å². The number of likely N-dealkylation sites (tertiary alicyclic amines) is 1. The molecule has 1 heterocycles. The van der Waals surface area contributed by atoms with Crippen LogP contribution in [0.15, 0.2) is 30.3 Å². The van der Waals surface area contributed by atoms with Gasteiger partial charge in [-0.2, -0.15) is 0 Å². The topological polar surface area (TPSA) is 20.3 Å². The number of unbranched alkanes of at least 4 members (excludes halogenated alkanes) is 1. The SMILES string of the molecule is CN1C(=O)CCC2(C)C3CCC4(CCCCc5ccccc5)CCCC4C3CCC12. The van der Waals surface area contributed by atoms with Crippen LogP contribution in [0.3, 0.4) is 0 Å². The fraction of sp³-hybridized carbons (Fsp3) is 0.750. The largest absolute Gasteiger partial charge is 0.342 e. The van der Waals surface area contributed by atoms with Gasteiger partial charge >= 0.3 is 0 Å². The molecule has 6 atom stereocenters. The van der Waals surface area contributed by atoms with Crippen molar-refractivity contribution in [3.63, 3.8) is 0 Å². The minimum atomic E-state index is 0.369. The van der Waals surface area contributed by atoms with Crippen molar-refractivity contribution in [2.24, 2.45) is 28.6 Å². The van der Waals surface area contributed by atoms with E-state index in [1.54, 1.807) is 0 Å². The highest BCUT2D eigenvalue weighted by Crippen LogP contribution is 2.66. The third kappa shape index (κ3) is 3.33. The summed E-state index contributed by atoms with van der Waals surface area (Å²) >= 11 is 0. The number of nitrogens with zero attached hydrogens (tertiary/aromatic N) is 1.